The van der Waals surface area contributed by atoms with E-state index in [1.165, 1.54) is 51.6 Å². The normalized spacial score (nSPS) is 35.8. The van der Waals surface area contributed by atoms with E-state index in [1.54, 1.807) is 0 Å². The van der Waals surface area contributed by atoms with Gasteiger partial charge in [0.15, 0.2) is 0 Å². The van der Waals surface area contributed by atoms with Crippen molar-refractivity contribution in [1.82, 2.24) is 10.6 Å². The van der Waals surface area contributed by atoms with Gasteiger partial charge in [-0.05, 0) is 38.8 Å². The average molecular weight is 197 g/mol. The van der Waals surface area contributed by atoms with Crippen molar-refractivity contribution < 1.29 is 0 Å². The largest absolute Gasteiger partial charge is 0.326 e. The van der Waals surface area contributed by atoms with Gasteiger partial charge in [-0.3, -0.25) is 0 Å². The van der Waals surface area contributed by atoms with Crippen molar-refractivity contribution in [3.05, 3.63) is 0 Å². The highest BCUT2D eigenvalue weighted by atomic mass is 15.0. The molecule has 0 aromatic rings. The highest BCUT2D eigenvalue weighted by molar-refractivity contribution is 4.87. The first kappa shape index (κ1) is 10.4. The van der Waals surface area contributed by atoms with E-state index in [0.29, 0.717) is 18.1 Å². The quantitative estimate of drug-likeness (QED) is 0.607. The second-order valence-electron chi connectivity index (χ2n) is 4.75. The smallest absolute Gasteiger partial charge is 0.0221 e. The van der Waals surface area contributed by atoms with Gasteiger partial charge < -0.3 is 16.4 Å². The van der Waals surface area contributed by atoms with Gasteiger partial charge in [0.1, 0.15) is 0 Å². The van der Waals surface area contributed by atoms with E-state index in [4.69, 9.17) is 5.73 Å². The summed E-state index contributed by atoms with van der Waals surface area (Å²) in [5.74, 6) is 0. The van der Waals surface area contributed by atoms with E-state index < -0.39 is 0 Å². The topological polar surface area (TPSA) is 50.1 Å². The third-order valence-corrected chi connectivity index (χ3v) is 3.61. The molecule has 0 bridgehead atoms. The summed E-state index contributed by atoms with van der Waals surface area (Å²) in [5.41, 5.74) is 6.12. The van der Waals surface area contributed by atoms with Gasteiger partial charge in [-0.2, -0.15) is 0 Å². The molecule has 1 saturated heterocycles. The van der Waals surface area contributed by atoms with Crippen molar-refractivity contribution in [2.24, 2.45) is 5.73 Å². The molecule has 1 aliphatic carbocycles. The Morgan fingerprint density at radius 2 is 1.71 bits per heavy atom. The molecule has 2 fully saturated rings. The first-order valence-electron chi connectivity index (χ1n) is 6.08. The number of piperidine rings is 1. The Labute approximate surface area is 86.8 Å². The van der Waals surface area contributed by atoms with Crippen LogP contribution < -0.4 is 16.4 Å². The van der Waals surface area contributed by atoms with Crippen LogP contribution in [-0.2, 0) is 0 Å². The molecule has 4 N–H and O–H groups in total. The SMILES string of the molecule is NC1CCCCC1NC1CCNCC1. The molecule has 2 unspecified atom stereocenters. The van der Waals surface area contributed by atoms with Crippen molar-refractivity contribution in [3.8, 4) is 0 Å². The second kappa shape index (κ2) is 5.10. The second-order valence-corrected chi connectivity index (χ2v) is 4.75. The molecular weight excluding hydrogens is 174 g/mol. The number of nitrogens with two attached hydrogens (primary N) is 1. The third kappa shape index (κ3) is 2.69. The summed E-state index contributed by atoms with van der Waals surface area (Å²) in [5, 5.41) is 7.13. The summed E-state index contributed by atoms with van der Waals surface area (Å²) < 4.78 is 0. The zero-order valence-electron chi connectivity index (χ0n) is 8.97. The van der Waals surface area contributed by atoms with E-state index in [1.807, 2.05) is 0 Å². The van der Waals surface area contributed by atoms with Crippen LogP contribution in [0.3, 0.4) is 0 Å². The highest BCUT2D eigenvalue weighted by Gasteiger charge is 2.24. The molecule has 0 aromatic heterocycles. The maximum atomic E-state index is 6.12. The molecule has 14 heavy (non-hydrogen) atoms. The lowest BCUT2D eigenvalue weighted by Crippen LogP contribution is -2.53. The van der Waals surface area contributed by atoms with Gasteiger partial charge in [0.25, 0.3) is 0 Å². The van der Waals surface area contributed by atoms with Gasteiger partial charge in [0.05, 0.1) is 0 Å². The van der Waals surface area contributed by atoms with E-state index in [-0.39, 0.29) is 0 Å². The van der Waals surface area contributed by atoms with Crippen LogP contribution in [0, 0.1) is 0 Å². The molecule has 3 heteroatoms. The predicted octanol–water partition coefficient (Wildman–Crippen LogP) is 0.598. The minimum absolute atomic E-state index is 0.402. The van der Waals surface area contributed by atoms with E-state index in [2.05, 4.69) is 10.6 Å². The molecule has 0 amide bonds. The van der Waals surface area contributed by atoms with E-state index in [9.17, 15) is 0 Å². The summed E-state index contributed by atoms with van der Waals surface area (Å²) in [6, 6.07) is 1.70. The Morgan fingerprint density at radius 3 is 2.43 bits per heavy atom. The summed E-state index contributed by atoms with van der Waals surface area (Å²) in [6.07, 6.45) is 7.71. The molecule has 0 radical (unpaired) electrons. The van der Waals surface area contributed by atoms with Crippen molar-refractivity contribution in [2.45, 2.75) is 56.7 Å². The van der Waals surface area contributed by atoms with Gasteiger partial charge in [-0.15, -0.1) is 0 Å². The van der Waals surface area contributed by atoms with E-state index >= 15 is 0 Å². The molecule has 1 heterocycles. The molecule has 1 aliphatic heterocycles. The summed E-state index contributed by atoms with van der Waals surface area (Å²) in [4.78, 5) is 0. The van der Waals surface area contributed by atoms with Gasteiger partial charge >= 0.3 is 0 Å². The van der Waals surface area contributed by atoms with Crippen molar-refractivity contribution in [3.63, 3.8) is 0 Å². The lowest BCUT2D eigenvalue weighted by atomic mass is 9.90. The molecular formula is C11H23N3. The maximum Gasteiger partial charge on any atom is 0.0221 e. The van der Waals surface area contributed by atoms with Crippen LogP contribution in [0.15, 0.2) is 0 Å². The Bertz CT molecular complexity index is 166. The fourth-order valence-corrected chi connectivity index (χ4v) is 2.66. The van der Waals surface area contributed by atoms with Crippen LogP contribution in [0.25, 0.3) is 0 Å². The number of hydrogen-bond donors (Lipinski definition) is 3. The Hall–Kier alpha value is -0.120. The molecule has 2 aliphatic rings. The third-order valence-electron chi connectivity index (χ3n) is 3.61. The summed E-state index contributed by atoms with van der Waals surface area (Å²) in [6.45, 7) is 2.33. The van der Waals surface area contributed by atoms with Crippen molar-refractivity contribution in [2.75, 3.05) is 13.1 Å². The van der Waals surface area contributed by atoms with Crippen molar-refractivity contribution in [1.29, 1.82) is 0 Å². The molecule has 2 rings (SSSR count). The number of nitrogens with one attached hydrogen (secondary N) is 2. The molecule has 82 valence electrons. The molecule has 1 saturated carbocycles. The predicted molar refractivity (Wildman–Crippen MR) is 59.3 cm³/mol. The zero-order chi connectivity index (χ0) is 9.80. The molecule has 2 atom stereocenters. The van der Waals surface area contributed by atoms with Crippen LogP contribution in [0.1, 0.15) is 38.5 Å². The summed E-state index contributed by atoms with van der Waals surface area (Å²) >= 11 is 0. The fourth-order valence-electron chi connectivity index (χ4n) is 2.66. The monoisotopic (exact) mass is 197 g/mol. The lowest BCUT2D eigenvalue weighted by Gasteiger charge is -2.34. The van der Waals surface area contributed by atoms with Crippen LogP contribution in [0.5, 0.6) is 0 Å². The average Bonchev–Trinajstić information content (AvgIpc) is 2.23. The minimum Gasteiger partial charge on any atom is -0.326 e. The van der Waals surface area contributed by atoms with Crippen molar-refractivity contribution >= 4 is 0 Å². The van der Waals surface area contributed by atoms with Crippen LogP contribution in [-0.4, -0.2) is 31.2 Å². The minimum atomic E-state index is 0.402. The number of hydrogen-bond acceptors (Lipinski definition) is 3. The molecule has 3 nitrogen and oxygen atoms in total. The summed E-state index contributed by atoms with van der Waals surface area (Å²) in [7, 11) is 0. The molecule has 0 spiro atoms. The van der Waals surface area contributed by atoms with Gasteiger partial charge in [-0.25, -0.2) is 0 Å². The highest BCUT2D eigenvalue weighted by Crippen LogP contribution is 2.18. The van der Waals surface area contributed by atoms with Gasteiger partial charge in [0.2, 0.25) is 0 Å². The first-order chi connectivity index (χ1) is 6.86. The van der Waals surface area contributed by atoms with Crippen LogP contribution >= 0.6 is 0 Å². The Balaban J connectivity index is 1.76. The maximum absolute atomic E-state index is 6.12. The Kier molecular flexibility index (Phi) is 3.79. The fraction of sp³-hybridized carbons (Fsp3) is 1.00. The Morgan fingerprint density at radius 1 is 1.00 bits per heavy atom. The molecule has 0 aromatic carbocycles. The standard InChI is InChI=1S/C11H23N3/c12-10-3-1-2-4-11(10)14-9-5-7-13-8-6-9/h9-11,13-14H,1-8,12H2. The first-order valence-corrected chi connectivity index (χ1v) is 6.08. The van der Waals surface area contributed by atoms with Gasteiger partial charge in [-0.1, -0.05) is 12.8 Å². The number of rotatable bonds is 2. The lowest BCUT2D eigenvalue weighted by molar-refractivity contribution is 0.272. The van der Waals surface area contributed by atoms with Crippen LogP contribution in [0.4, 0.5) is 0 Å². The zero-order valence-corrected chi connectivity index (χ0v) is 8.97. The van der Waals surface area contributed by atoms with Crippen LogP contribution in [0.2, 0.25) is 0 Å². The van der Waals surface area contributed by atoms with E-state index in [0.717, 1.165) is 0 Å². The van der Waals surface area contributed by atoms with Gasteiger partial charge in [0, 0.05) is 18.1 Å².